The van der Waals surface area contributed by atoms with Crippen LogP contribution in [0, 0.1) is 0 Å². The Balaban J connectivity index is 6.79. The van der Waals surface area contributed by atoms with Crippen molar-refractivity contribution in [3.8, 4) is 0 Å². The number of carbonyl (C=O) groups is 2. The molecule has 0 saturated carbocycles. The van der Waals surface area contributed by atoms with E-state index in [0.29, 0.717) is 12.8 Å². The minimum atomic E-state index is -5.19. The lowest BCUT2D eigenvalue weighted by Gasteiger charge is -2.28. The van der Waals surface area contributed by atoms with E-state index < -0.39 is 122 Å². The predicted molar refractivity (Wildman–Crippen MR) is 185 cm³/mol. The molecule has 0 aromatic carbocycles. The maximum atomic E-state index is 13.4. The fourth-order valence-electron chi connectivity index (χ4n) is 3.50. The van der Waals surface area contributed by atoms with Crippen LogP contribution in [0.25, 0.3) is 0 Å². The number of rotatable bonds is 34. The first kappa shape index (κ1) is 17.3. The van der Waals surface area contributed by atoms with E-state index in [0.717, 1.165) is 44.9 Å². The molecule has 0 aliphatic carbocycles. The standard InChI is InChI=1S/C36H72NO8P/c1-6-8-10-12-14-16-18-20-22-24-26-28-35(38)42-32-34(33-44-46(40,41)43-31-30-37(3,4)5)45-36(39)29-27-25-23-21-19-17-15-13-11-9-7-2/h34H,6-33H2,1-5H3/t34-/m1/s1/i1D3,6D2,8D2,10D2,12D2,14D2,16D2,18D2,20D2,22D2,24D2,26D2,28D2. The zero-order valence-electron chi connectivity index (χ0n) is 54.6. The van der Waals surface area contributed by atoms with Gasteiger partial charge in [0.2, 0.25) is 0 Å². The Kier molecular flexibility index (Phi) is 11.3. The number of hydrogen-bond acceptors (Lipinski definition) is 8. The Hall–Kier alpha value is -0.990. The van der Waals surface area contributed by atoms with E-state index >= 15 is 0 Å². The summed E-state index contributed by atoms with van der Waals surface area (Å²) in [5.41, 5.74) is 0. The van der Waals surface area contributed by atoms with Gasteiger partial charge in [-0.2, -0.15) is 0 Å². The summed E-state index contributed by atoms with van der Waals surface area (Å²) in [5, 5.41) is 0. The largest absolute Gasteiger partial charge is 0.756 e. The third-order valence-corrected chi connectivity index (χ3v) is 6.87. The fourth-order valence-corrected chi connectivity index (χ4v) is 4.23. The number of carbonyl (C=O) groups excluding carboxylic acids is 2. The SMILES string of the molecule is [2H]C([2H])([2H])C([2H])([2H])C([2H])([2H])C([2H])([2H])C([2H])([2H])C([2H])([2H])C([2H])([2H])C([2H])([2H])C([2H])([2H])C([2H])([2H])C([2H])([2H])C([2H])([2H])C([2H])([2H])C(=O)OC[C@H](COP(=O)([O-])OCC[N+](C)(C)C)OC(=O)CCCCCCCCCCCCC. The van der Waals surface area contributed by atoms with Gasteiger partial charge < -0.3 is 27.9 Å². The Morgan fingerprint density at radius 1 is 0.739 bits per heavy atom. The van der Waals surface area contributed by atoms with Crippen molar-refractivity contribution in [3.63, 3.8) is 0 Å². The number of phosphoric acid groups is 1. The quantitative estimate of drug-likeness (QED) is 0.0282. The van der Waals surface area contributed by atoms with Crippen molar-refractivity contribution in [1.82, 2.24) is 0 Å². The lowest BCUT2D eigenvalue weighted by molar-refractivity contribution is -0.870. The molecular weight excluding hydrogens is 605 g/mol. The smallest absolute Gasteiger partial charge is 0.306 e. The molecule has 0 saturated heterocycles. The van der Waals surface area contributed by atoms with E-state index in [2.05, 4.69) is 6.92 Å². The molecule has 0 amide bonds. The van der Waals surface area contributed by atoms with Gasteiger partial charge in [-0.1, -0.05) is 142 Å². The Morgan fingerprint density at radius 3 is 1.80 bits per heavy atom. The van der Waals surface area contributed by atoms with Crippen molar-refractivity contribution in [2.45, 2.75) is 173 Å². The molecule has 0 aromatic rings. The van der Waals surface area contributed by atoms with Crippen LogP contribution in [0.15, 0.2) is 0 Å². The lowest BCUT2D eigenvalue weighted by Crippen LogP contribution is -2.37. The summed E-state index contributed by atoms with van der Waals surface area (Å²) in [6.45, 7) is -4.72. The summed E-state index contributed by atoms with van der Waals surface area (Å²) in [6.07, 6.45) is -50.4. The highest BCUT2D eigenvalue weighted by atomic mass is 31.2. The molecule has 0 heterocycles. The second-order valence-corrected chi connectivity index (χ2v) is 12.5. The first-order chi connectivity index (χ1) is 32.2. The highest BCUT2D eigenvalue weighted by molar-refractivity contribution is 7.45. The van der Waals surface area contributed by atoms with Crippen LogP contribution in [-0.4, -0.2) is 70.0 Å². The molecule has 1 unspecified atom stereocenters. The molecule has 0 aliphatic heterocycles. The molecule has 9 nitrogen and oxygen atoms in total. The monoisotopic (exact) mass is 705 g/mol. The molecule has 46 heavy (non-hydrogen) atoms. The molecule has 0 N–H and O–H groups in total. The van der Waals surface area contributed by atoms with Crippen LogP contribution in [-0.2, 0) is 32.7 Å². The van der Waals surface area contributed by atoms with Crippen LogP contribution in [0.5, 0.6) is 0 Å². The number of ether oxygens (including phenoxy) is 2. The molecule has 0 radical (unpaired) electrons. The first-order valence-electron chi connectivity index (χ1n) is 28.9. The zero-order chi connectivity index (χ0) is 58.4. The summed E-state index contributed by atoms with van der Waals surface area (Å²) >= 11 is 0. The number of quaternary nitrogens is 1. The number of phosphoric ester groups is 1. The predicted octanol–water partition coefficient (Wildman–Crippen LogP) is 9.05. The summed E-state index contributed by atoms with van der Waals surface area (Å²) in [4.78, 5) is 38.8. The maximum absolute atomic E-state index is 13.4. The molecule has 0 rings (SSSR count). The van der Waals surface area contributed by atoms with Gasteiger partial charge in [-0.15, -0.1) is 0 Å². The topological polar surface area (TPSA) is 111 Å². The van der Waals surface area contributed by atoms with Crippen molar-refractivity contribution in [2.24, 2.45) is 0 Å². The van der Waals surface area contributed by atoms with Crippen molar-refractivity contribution < 1.29 is 79.1 Å². The van der Waals surface area contributed by atoms with Gasteiger partial charge in [-0.05, 0) is 12.8 Å². The summed E-state index contributed by atoms with van der Waals surface area (Å²) < 4.78 is 252. The molecule has 0 aliphatic rings. The second-order valence-electron chi connectivity index (χ2n) is 11.1. The fraction of sp³-hybridized carbons (Fsp3) is 0.944. The van der Waals surface area contributed by atoms with Gasteiger partial charge in [0.15, 0.2) is 6.10 Å². The molecule has 2 atom stereocenters. The average molecular weight is 705 g/mol. The molecule has 0 aromatic heterocycles. The molecule has 0 bridgehead atoms. The van der Waals surface area contributed by atoms with Crippen LogP contribution in [0.1, 0.15) is 204 Å². The van der Waals surface area contributed by atoms with Crippen LogP contribution in [0.4, 0.5) is 0 Å². The zero-order valence-corrected chi connectivity index (χ0v) is 28.4. The number of hydrogen-bond donors (Lipinski definition) is 0. The second kappa shape index (κ2) is 30.1. The van der Waals surface area contributed by atoms with E-state index in [1.54, 1.807) is 21.1 Å². The summed E-state index contributed by atoms with van der Waals surface area (Å²) in [5.74, 6) is -3.44. The van der Waals surface area contributed by atoms with Crippen LogP contribution in [0.2, 0.25) is 0 Å². The van der Waals surface area contributed by atoms with Crippen LogP contribution in [0.3, 0.4) is 0 Å². The van der Waals surface area contributed by atoms with E-state index in [-0.39, 0.29) is 24.1 Å². The molecule has 10 heteroatoms. The minimum absolute atomic E-state index is 0.161. The van der Waals surface area contributed by atoms with E-state index in [9.17, 15) is 19.0 Å². The van der Waals surface area contributed by atoms with Crippen molar-refractivity contribution in [3.05, 3.63) is 0 Å². The van der Waals surface area contributed by atoms with Gasteiger partial charge in [-0.25, -0.2) is 0 Å². The lowest BCUT2D eigenvalue weighted by atomic mass is 10.1. The van der Waals surface area contributed by atoms with Gasteiger partial charge in [0.05, 0.1) is 27.7 Å². The molecular formula is C36H72NO8P. The van der Waals surface area contributed by atoms with Gasteiger partial charge in [-0.3, -0.25) is 14.2 Å². The van der Waals surface area contributed by atoms with Crippen LogP contribution >= 0.6 is 7.82 Å². The van der Waals surface area contributed by atoms with E-state index in [1.807, 2.05) is 0 Å². The Bertz CT molecular complexity index is 1840. The Labute approximate surface area is 321 Å². The number of unbranched alkanes of at least 4 members (excludes halogenated alkanes) is 10. The number of esters is 2. The molecule has 0 spiro atoms. The van der Waals surface area contributed by atoms with Crippen LogP contribution < -0.4 is 4.89 Å². The highest BCUT2D eigenvalue weighted by Gasteiger charge is 2.21. The summed E-state index contributed by atoms with van der Waals surface area (Å²) in [7, 11) is -0.0417. The maximum Gasteiger partial charge on any atom is 0.306 e. The number of likely N-dealkylation sites (N-methyl/N-ethyl adjacent to an activating group) is 1. The molecule has 274 valence electrons. The van der Waals surface area contributed by atoms with Crippen molar-refractivity contribution in [2.75, 3.05) is 47.5 Å². The Morgan fingerprint density at radius 2 is 1.26 bits per heavy atom. The summed E-state index contributed by atoms with van der Waals surface area (Å²) in [6, 6.07) is 0. The third kappa shape index (κ3) is 32.9. The van der Waals surface area contributed by atoms with Crippen molar-refractivity contribution in [1.29, 1.82) is 0 Å². The highest BCUT2D eigenvalue weighted by Crippen LogP contribution is 2.38. The van der Waals surface area contributed by atoms with Gasteiger partial charge in [0.1, 0.15) is 19.8 Å². The number of nitrogens with zero attached hydrogens (tertiary/aromatic N) is 1. The molecule has 0 fully saturated rings. The van der Waals surface area contributed by atoms with Gasteiger partial charge in [0, 0.05) is 49.8 Å². The average Bonchev–Trinajstić information content (AvgIpc) is 3.21. The van der Waals surface area contributed by atoms with Gasteiger partial charge >= 0.3 is 11.9 Å². The first-order valence-corrected chi connectivity index (χ1v) is 16.9. The van der Waals surface area contributed by atoms with Crippen molar-refractivity contribution >= 4 is 19.8 Å². The normalized spacial score (nSPS) is 26.5. The minimum Gasteiger partial charge on any atom is -0.756 e. The van der Waals surface area contributed by atoms with E-state index in [4.69, 9.17) is 55.5 Å². The third-order valence-electron chi connectivity index (χ3n) is 5.90. The van der Waals surface area contributed by atoms with Gasteiger partial charge in [0.25, 0.3) is 7.82 Å². The van der Waals surface area contributed by atoms with E-state index in [1.165, 1.54) is 12.8 Å².